The number of aromatic hydroxyl groups is 1. The van der Waals surface area contributed by atoms with E-state index in [1.165, 1.54) is 11.1 Å². The van der Waals surface area contributed by atoms with Gasteiger partial charge in [-0.05, 0) is 73.9 Å². The number of nitriles is 1. The Morgan fingerprint density at radius 3 is 1.93 bits per heavy atom. The molecule has 1 fully saturated rings. The van der Waals surface area contributed by atoms with Crippen LogP contribution in [0.15, 0.2) is 71.8 Å². The summed E-state index contributed by atoms with van der Waals surface area (Å²) < 4.78 is 0. The second-order valence-electron chi connectivity index (χ2n) is 6.85. The van der Waals surface area contributed by atoms with Crippen molar-refractivity contribution in [3.8, 4) is 11.8 Å². The fourth-order valence-electron chi connectivity index (χ4n) is 4.63. The molecule has 1 aliphatic rings. The Labute approximate surface area is 175 Å². The van der Waals surface area contributed by atoms with Gasteiger partial charge < -0.3 is 5.11 Å². The van der Waals surface area contributed by atoms with E-state index in [1.807, 2.05) is 38.1 Å². The summed E-state index contributed by atoms with van der Waals surface area (Å²) in [5.41, 5.74) is 5.02. The molecule has 152 valence electrons. The van der Waals surface area contributed by atoms with Gasteiger partial charge in [-0.15, -0.1) is 0 Å². The van der Waals surface area contributed by atoms with E-state index in [0.717, 1.165) is 17.7 Å². The van der Waals surface area contributed by atoms with Crippen LogP contribution in [-0.4, -0.2) is 22.6 Å². The van der Waals surface area contributed by atoms with Gasteiger partial charge in [-0.3, -0.25) is 4.90 Å². The highest BCUT2D eigenvalue weighted by molar-refractivity contribution is 5.61. The predicted octanol–water partition coefficient (Wildman–Crippen LogP) is 6.15. The number of phenolic OH excluding ortho intramolecular Hbond substituents is 1. The first-order valence-corrected chi connectivity index (χ1v) is 10.4. The molecule has 1 heterocycles. The highest BCUT2D eigenvalue weighted by Crippen LogP contribution is 2.53. The summed E-state index contributed by atoms with van der Waals surface area (Å²) in [4.78, 5) is 2.49. The summed E-state index contributed by atoms with van der Waals surface area (Å²) in [5, 5.41) is 19.1. The largest absolute Gasteiger partial charge is 0.508 e. The Morgan fingerprint density at radius 2 is 1.52 bits per heavy atom. The third kappa shape index (κ3) is 3.61. The summed E-state index contributed by atoms with van der Waals surface area (Å²) in [6.07, 6.45) is 4.40. The average Bonchev–Trinajstić information content (AvgIpc) is 3.03. The van der Waals surface area contributed by atoms with Crippen LogP contribution in [0.5, 0.6) is 5.75 Å². The second kappa shape index (κ2) is 9.58. The SMILES string of the molecule is C/C=C1\C(=C/C)C(c2ccc(O)cc2)(c2ccc(C#N)cc2)N(CC)C1C.CC. The minimum Gasteiger partial charge on any atom is -0.508 e. The Balaban J connectivity index is 0.00000145. The zero-order chi connectivity index (χ0) is 21.6. The lowest BCUT2D eigenvalue weighted by Crippen LogP contribution is -2.45. The fraction of sp³-hybridized carbons (Fsp3) is 0.346. The number of likely N-dealkylation sites (tertiary alicyclic amines) is 1. The lowest BCUT2D eigenvalue weighted by atomic mass is 9.75. The van der Waals surface area contributed by atoms with Crippen molar-refractivity contribution in [2.75, 3.05) is 6.54 Å². The molecule has 0 aromatic heterocycles. The van der Waals surface area contributed by atoms with E-state index in [9.17, 15) is 10.4 Å². The summed E-state index contributed by atoms with van der Waals surface area (Å²) in [7, 11) is 0. The van der Waals surface area contributed by atoms with Crippen LogP contribution in [-0.2, 0) is 5.54 Å². The molecule has 29 heavy (non-hydrogen) atoms. The van der Waals surface area contributed by atoms with Crippen LogP contribution in [0.1, 0.15) is 58.2 Å². The van der Waals surface area contributed by atoms with Gasteiger partial charge in [0.1, 0.15) is 5.75 Å². The van der Waals surface area contributed by atoms with Crippen LogP contribution in [0.4, 0.5) is 0 Å². The fourth-order valence-corrected chi connectivity index (χ4v) is 4.63. The van der Waals surface area contributed by atoms with Crippen LogP contribution >= 0.6 is 0 Å². The monoisotopic (exact) mass is 388 g/mol. The van der Waals surface area contributed by atoms with E-state index in [0.29, 0.717) is 5.56 Å². The van der Waals surface area contributed by atoms with Crippen molar-refractivity contribution in [3.63, 3.8) is 0 Å². The normalized spacial score (nSPS) is 24.2. The minimum atomic E-state index is -0.452. The van der Waals surface area contributed by atoms with E-state index in [1.54, 1.807) is 12.1 Å². The van der Waals surface area contributed by atoms with Crippen molar-refractivity contribution in [2.45, 2.75) is 53.1 Å². The van der Waals surface area contributed by atoms with Gasteiger partial charge in [0.2, 0.25) is 0 Å². The van der Waals surface area contributed by atoms with Gasteiger partial charge in [-0.1, -0.05) is 57.2 Å². The van der Waals surface area contributed by atoms with E-state index < -0.39 is 5.54 Å². The van der Waals surface area contributed by atoms with Gasteiger partial charge in [-0.25, -0.2) is 0 Å². The molecule has 0 spiro atoms. The average molecular weight is 389 g/mol. The predicted molar refractivity (Wildman–Crippen MR) is 121 cm³/mol. The van der Waals surface area contributed by atoms with Crippen LogP contribution in [0, 0.1) is 11.3 Å². The zero-order valence-electron chi connectivity index (χ0n) is 18.4. The first-order valence-electron chi connectivity index (χ1n) is 10.4. The van der Waals surface area contributed by atoms with Crippen LogP contribution < -0.4 is 0 Å². The Hall–Kier alpha value is -2.83. The Bertz CT molecular complexity index is 917. The van der Waals surface area contributed by atoms with Gasteiger partial charge in [0.15, 0.2) is 0 Å². The maximum absolute atomic E-state index is 9.84. The number of hydrogen-bond acceptors (Lipinski definition) is 3. The lowest BCUT2D eigenvalue weighted by molar-refractivity contribution is 0.169. The number of phenols is 1. The van der Waals surface area contributed by atoms with Crippen molar-refractivity contribution in [3.05, 3.63) is 88.5 Å². The lowest BCUT2D eigenvalue weighted by Gasteiger charge is -2.41. The smallest absolute Gasteiger partial charge is 0.115 e. The van der Waals surface area contributed by atoms with Crippen molar-refractivity contribution < 1.29 is 5.11 Å². The third-order valence-electron chi connectivity index (χ3n) is 5.71. The van der Waals surface area contributed by atoms with E-state index >= 15 is 0 Å². The van der Waals surface area contributed by atoms with Gasteiger partial charge in [0, 0.05) is 6.04 Å². The van der Waals surface area contributed by atoms with Crippen molar-refractivity contribution in [1.29, 1.82) is 5.26 Å². The van der Waals surface area contributed by atoms with Crippen LogP contribution in [0.2, 0.25) is 0 Å². The first-order chi connectivity index (χ1) is 14.0. The molecule has 2 aromatic carbocycles. The van der Waals surface area contributed by atoms with Gasteiger partial charge in [0.05, 0.1) is 17.2 Å². The van der Waals surface area contributed by atoms with Crippen LogP contribution in [0.3, 0.4) is 0 Å². The second-order valence-corrected chi connectivity index (χ2v) is 6.85. The highest BCUT2D eigenvalue weighted by Gasteiger charge is 2.52. The van der Waals surface area contributed by atoms with Crippen molar-refractivity contribution >= 4 is 0 Å². The maximum Gasteiger partial charge on any atom is 0.115 e. The number of benzene rings is 2. The maximum atomic E-state index is 9.84. The summed E-state index contributed by atoms with van der Waals surface area (Å²) >= 11 is 0. The number of likely N-dealkylation sites (N-methyl/N-ethyl adjacent to an activating group) is 1. The molecule has 2 atom stereocenters. The Kier molecular flexibility index (Phi) is 7.42. The molecule has 0 aliphatic carbocycles. The van der Waals surface area contributed by atoms with Crippen molar-refractivity contribution in [2.24, 2.45) is 0 Å². The molecule has 3 nitrogen and oxygen atoms in total. The minimum absolute atomic E-state index is 0.260. The standard InChI is InChI=1S/C24H26N2O.C2H6/c1-5-22-17(4)26(7-3)24(23(22)6-2,20-12-14-21(27)15-13-20)19-10-8-18(16-25)9-11-19;1-2/h5-6,8-15,17,27H,7H2,1-4H3;1-2H3/b22-5-,23-6+;. The molecule has 3 heteroatoms. The number of allylic oxidation sites excluding steroid dienone is 2. The molecule has 2 unspecified atom stereocenters. The third-order valence-corrected chi connectivity index (χ3v) is 5.71. The topological polar surface area (TPSA) is 47.3 Å². The van der Waals surface area contributed by atoms with Gasteiger partial charge >= 0.3 is 0 Å². The highest BCUT2D eigenvalue weighted by atomic mass is 16.3. The molecular formula is C26H32N2O. The molecule has 0 saturated carbocycles. The van der Waals surface area contributed by atoms with E-state index in [4.69, 9.17) is 0 Å². The van der Waals surface area contributed by atoms with Crippen LogP contribution in [0.25, 0.3) is 0 Å². The summed E-state index contributed by atoms with van der Waals surface area (Å²) in [6, 6.07) is 17.9. The summed E-state index contributed by atoms with van der Waals surface area (Å²) in [6.45, 7) is 13.5. The molecule has 1 N–H and O–H groups in total. The molecular weight excluding hydrogens is 356 g/mol. The van der Waals surface area contributed by atoms with E-state index in [2.05, 4.69) is 62.9 Å². The first kappa shape index (κ1) is 22.5. The van der Waals surface area contributed by atoms with Crippen molar-refractivity contribution in [1.82, 2.24) is 4.90 Å². The zero-order valence-corrected chi connectivity index (χ0v) is 18.4. The van der Waals surface area contributed by atoms with Gasteiger partial charge in [-0.2, -0.15) is 5.26 Å². The Morgan fingerprint density at radius 1 is 1.00 bits per heavy atom. The quantitative estimate of drug-likeness (QED) is 0.686. The molecule has 0 bridgehead atoms. The molecule has 1 aliphatic heterocycles. The number of hydrogen-bond donors (Lipinski definition) is 1. The molecule has 0 radical (unpaired) electrons. The number of nitrogens with zero attached hydrogens (tertiary/aromatic N) is 2. The number of rotatable bonds is 3. The van der Waals surface area contributed by atoms with E-state index in [-0.39, 0.29) is 11.8 Å². The van der Waals surface area contributed by atoms with Gasteiger partial charge in [0.25, 0.3) is 0 Å². The molecule has 3 rings (SSSR count). The molecule has 0 amide bonds. The molecule has 2 aromatic rings. The molecule has 1 saturated heterocycles. The summed E-state index contributed by atoms with van der Waals surface area (Å²) in [5.74, 6) is 0.260.